The van der Waals surface area contributed by atoms with E-state index in [1.807, 2.05) is 42.5 Å². The summed E-state index contributed by atoms with van der Waals surface area (Å²) in [5.41, 5.74) is 3.28. The number of methoxy groups -OCH3 is 2. The van der Waals surface area contributed by atoms with Gasteiger partial charge in [-0.05, 0) is 47.5 Å². The number of fused-ring (bicyclic) bond motifs is 2. The van der Waals surface area contributed by atoms with E-state index in [-0.39, 0.29) is 5.91 Å². The van der Waals surface area contributed by atoms with E-state index in [1.54, 1.807) is 44.4 Å². The number of rotatable bonds is 4. The molecule has 1 amide bonds. The van der Waals surface area contributed by atoms with Crippen LogP contribution in [-0.4, -0.2) is 33.1 Å². The van der Waals surface area contributed by atoms with E-state index in [9.17, 15) is 9.59 Å². The van der Waals surface area contributed by atoms with Gasteiger partial charge in [0, 0.05) is 17.5 Å². The predicted molar refractivity (Wildman–Crippen MR) is 116 cm³/mol. The fourth-order valence-electron chi connectivity index (χ4n) is 4.05. The second kappa shape index (κ2) is 7.02. The molecule has 5 rings (SSSR count). The van der Waals surface area contributed by atoms with Crippen molar-refractivity contribution < 1.29 is 23.8 Å². The zero-order valence-corrected chi connectivity index (χ0v) is 17.3. The van der Waals surface area contributed by atoms with Crippen molar-refractivity contribution >= 4 is 28.7 Å². The zero-order chi connectivity index (χ0) is 21.7. The van der Waals surface area contributed by atoms with Crippen LogP contribution in [0.3, 0.4) is 0 Å². The standard InChI is InChI=1S/C25H19NO5/c1-26-20-12-19-21(31-25(28)23(19)15-6-10-17(30-3)11-7-15)13-18(20)22(24(26)27)14-4-8-16(29-2)9-5-14/h4-13H,1-3H3. The van der Waals surface area contributed by atoms with Gasteiger partial charge in [-0.3, -0.25) is 4.79 Å². The molecule has 154 valence electrons. The number of hydrogen-bond acceptors (Lipinski definition) is 5. The molecular formula is C25H19NO5. The number of carbonyl (C=O) groups excluding carboxylic acids is 2. The number of ether oxygens (including phenoxy) is 3. The lowest BCUT2D eigenvalue weighted by molar-refractivity contribution is -0.127. The maximum absolute atomic E-state index is 13.1. The van der Waals surface area contributed by atoms with Gasteiger partial charge in [-0.1, -0.05) is 24.3 Å². The molecule has 0 N–H and O–H groups in total. The smallest absolute Gasteiger partial charge is 0.344 e. The predicted octanol–water partition coefficient (Wildman–Crippen LogP) is 2.00. The topological polar surface area (TPSA) is 65.1 Å². The SMILES string of the molecule is COc1ccc(C2=c3cc4c(cc3OC2=O)=C(c2ccc(OC)cc2)C(=O)N4C)cc1. The van der Waals surface area contributed by atoms with E-state index >= 15 is 0 Å². The van der Waals surface area contributed by atoms with Gasteiger partial charge in [0.1, 0.15) is 17.2 Å². The third-order valence-corrected chi connectivity index (χ3v) is 5.68. The average Bonchev–Trinajstić information content (AvgIpc) is 3.24. The lowest BCUT2D eigenvalue weighted by atomic mass is 10.0. The van der Waals surface area contributed by atoms with Crippen LogP contribution < -0.4 is 29.5 Å². The molecule has 0 bridgehead atoms. The van der Waals surface area contributed by atoms with Gasteiger partial charge in [-0.25, -0.2) is 4.79 Å². The Bertz CT molecular complexity index is 1350. The fourth-order valence-corrected chi connectivity index (χ4v) is 4.05. The fraction of sp³-hybridized carbons (Fsp3) is 0.120. The molecule has 0 saturated heterocycles. The first-order chi connectivity index (χ1) is 15.0. The number of benzene rings is 3. The maximum Gasteiger partial charge on any atom is 0.344 e. The highest BCUT2D eigenvalue weighted by Gasteiger charge is 2.31. The summed E-state index contributed by atoms with van der Waals surface area (Å²) in [4.78, 5) is 27.4. The highest BCUT2D eigenvalue weighted by atomic mass is 16.5. The Morgan fingerprint density at radius 1 is 0.742 bits per heavy atom. The number of carbonyl (C=O) groups is 2. The molecule has 31 heavy (non-hydrogen) atoms. The van der Waals surface area contributed by atoms with Crippen LogP contribution in [0, 0.1) is 0 Å². The molecule has 3 aromatic rings. The number of amides is 1. The van der Waals surface area contributed by atoms with Crippen molar-refractivity contribution in [2.75, 3.05) is 26.2 Å². The number of nitrogens with zero attached hydrogens (tertiary/aromatic N) is 1. The van der Waals surface area contributed by atoms with Crippen LogP contribution in [0.4, 0.5) is 5.69 Å². The highest BCUT2D eigenvalue weighted by Crippen LogP contribution is 2.29. The largest absolute Gasteiger partial charge is 0.497 e. The number of anilines is 1. The Hall–Kier alpha value is -4.06. The van der Waals surface area contributed by atoms with Crippen molar-refractivity contribution in [3.63, 3.8) is 0 Å². The second-order valence-corrected chi connectivity index (χ2v) is 7.33. The van der Waals surface area contributed by atoms with Gasteiger partial charge in [0.25, 0.3) is 5.91 Å². The monoisotopic (exact) mass is 413 g/mol. The van der Waals surface area contributed by atoms with Crippen molar-refractivity contribution in [2.45, 2.75) is 0 Å². The lowest BCUT2D eigenvalue weighted by Crippen LogP contribution is -2.23. The zero-order valence-electron chi connectivity index (χ0n) is 17.3. The Labute approximate surface area is 178 Å². The van der Waals surface area contributed by atoms with Gasteiger partial charge in [-0.2, -0.15) is 0 Å². The summed E-state index contributed by atoms with van der Waals surface area (Å²) in [6.45, 7) is 0. The molecule has 0 atom stereocenters. The molecule has 0 aliphatic carbocycles. The minimum Gasteiger partial charge on any atom is -0.497 e. The van der Waals surface area contributed by atoms with Crippen LogP contribution in [0.5, 0.6) is 17.2 Å². The van der Waals surface area contributed by atoms with Crippen LogP contribution in [0.15, 0.2) is 60.7 Å². The van der Waals surface area contributed by atoms with Crippen LogP contribution in [0.2, 0.25) is 0 Å². The van der Waals surface area contributed by atoms with E-state index < -0.39 is 5.97 Å². The molecule has 0 saturated carbocycles. The molecule has 2 heterocycles. The van der Waals surface area contributed by atoms with Gasteiger partial charge in [0.05, 0.1) is 31.1 Å². The number of hydrogen-bond donors (Lipinski definition) is 0. The Balaban J connectivity index is 1.73. The quantitative estimate of drug-likeness (QED) is 0.484. The van der Waals surface area contributed by atoms with Gasteiger partial charge >= 0.3 is 5.97 Å². The normalized spacial score (nSPS) is 14.5. The first-order valence-electron chi connectivity index (χ1n) is 9.73. The van der Waals surface area contributed by atoms with Crippen LogP contribution in [0.25, 0.3) is 11.1 Å². The molecule has 0 fully saturated rings. The molecule has 2 aliphatic heterocycles. The van der Waals surface area contributed by atoms with Crippen LogP contribution in [0.1, 0.15) is 11.1 Å². The summed E-state index contributed by atoms with van der Waals surface area (Å²) in [5.74, 6) is 1.34. The molecular weight excluding hydrogens is 394 g/mol. The number of esters is 1. The minimum atomic E-state index is -0.413. The third-order valence-electron chi connectivity index (χ3n) is 5.68. The highest BCUT2D eigenvalue weighted by molar-refractivity contribution is 6.29. The molecule has 0 aromatic heterocycles. The van der Waals surface area contributed by atoms with Gasteiger partial charge < -0.3 is 19.1 Å². The van der Waals surface area contributed by atoms with Crippen LogP contribution >= 0.6 is 0 Å². The van der Waals surface area contributed by atoms with E-state index in [1.165, 1.54) is 0 Å². The van der Waals surface area contributed by atoms with Crippen molar-refractivity contribution in [1.82, 2.24) is 0 Å². The average molecular weight is 413 g/mol. The molecule has 3 aromatic carbocycles. The summed E-state index contributed by atoms with van der Waals surface area (Å²) in [5, 5.41) is 1.41. The maximum atomic E-state index is 13.1. The summed E-state index contributed by atoms with van der Waals surface area (Å²) >= 11 is 0. The summed E-state index contributed by atoms with van der Waals surface area (Å²) in [7, 11) is 4.92. The Kier molecular flexibility index (Phi) is 4.29. The van der Waals surface area contributed by atoms with E-state index in [0.717, 1.165) is 22.0 Å². The third kappa shape index (κ3) is 2.87. The Morgan fingerprint density at radius 2 is 1.29 bits per heavy atom. The molecule has 6 heteroatoms. The first-order valence-corrected chi connectivity index (χ1v) is 9.73. The van der Waals surface area contributed by atoms with Crippen molar-refractivity contribution in [2.24, 2.45) is 0 Å². The van der Waals surface area contributed by atoms with E-state index in [4.69, 9.17) is 14.2 Å². The number of likely N-dealkylation sites (N-methyl/N-ethyl adjacent to an activating group) is 1. The van der Waals surface area contributed by atoms with E-state index in [0.29, 0.717) is 33.6 Å². The van der Waals surface area contributed by atoms with Crippen molar-refractivity contribution in [3.05, 3.63) is 82.2 Å². The Morgan fingerprint density at radius 3 is 1.84 bits per heavy atom. The second-order valence-electron chi connectivity index (χ2n) is 7.33. The molecule has 0 spiro atoms. The summed E-state index contributed by atoms with van der Waals surface area (Å²) in [6.07, 6.45) is 0. The molecule has 0 unspecified atom stereocenters. The first kappa shape index (κ1) is 18.9. The van der Waals surface area contributed by atoms with E-state index in [2.05, 4.69) is 0 Å². The lowest BCUT2D eigenvalue weighted by Gasteiger charge is -2.11. The molecule has 0 radical (unpaired) electrons. The summed E-state index contributed by atoms with van der Waals surface area (Å²) < 4.78 is 16.0. The minimum absolute atomic E-state index is 0.110. The van der Waals surface area contributed by atoms with Crippen molar-refractivity contribution in [1.29, 1.82) is 0 Å². The summed E-state index contributed by atoms with van der Waals surface area (Å²) in [6, 6.07) is 18.2. The van der Waals surface area contributed by atoms with Gasteiger partial charge in [-0.15, -0.1) is 0 Å². The molecule has 6 nitrogen and oxygen atoms in total. The van der Waals surface area contributed by atoms with Gasteiger partial charge in [0.2, 0.25) is 0 Å². The van der Waals surface area contributed by atoms with Gasteiger partial charge in [0.15, 0.2) is 0 Å². The molecule has 2 aliphatic rings. The van der Waals surface area contributed by atoms with Crippen molar-refractivity contribution in [3.8, 4) is 17.2 Å². The van der Waals surface area contributed by atoms with Crippen LogP contribution in [-0.2, 0) is 9.59 Å².